The third-order valence-electron chi connectivity index (χ3n) is 4.44. The molecular formula is C22H19N5. The number of hydrogen-bond donors (Lipinski definition) is 2. The van der Waals surface area contributed by atoms with Gasteiger partial charge < -0.3 is 0 Å². The minimum atomic E-state index is 0.193. The van der Waals surface area contributed by atoms with Crippen molar-refractivity contribution in [2.24, 2.45) is 0 Å². The zero-order valence-electron chi connectivity index (χ0n) is 15.0. The Morgan fingerprint density at radius 2 is 1.89 bits per heavy atom. The number of benzene rings is 2. The molecule has 0 aliphatic heterocycles. The molecule has 0 aliphatic carbocycles. The van der Waals surface area contributed by atoms with Crippen LogP contribution in [-0.4, -0.2) is 20.6 Å². The zero-order chi connectivity index (χ0) is 18.8. The second kappa shape index (κ2) is 6.96. The van der Waals surface area contributed by atoms with Crippen LogP contribution in [0.1, 0.15) is 11.1 Å². The van der Waals surface area contributed by atoms with Crippen LogP contribution in [0, 0.1) is 17.7 Å². The van der Waals surface area contributed by atoms with Gasteiger partial charge in [0.05, 0.1) is 11.2 Å². The number of hydrogen-bond acceptors (Lipinski definition) is 4. The summed E-state index contributed by atoms with van der Waals surface area (Å²) in [6.45, 7) is 2.03. The number of fused-ring (bicyclic) bond motifs is 1. The van der Waals surface area contributed by atoms with Crippen LogP contribution in [0.25, 0.3) is 22.2 Å². The highest BCUT2D eigenvalue weighted by atomic mass is 15.3. The molecule has 0 radical (unpaired) electrons. The molecule has 0 unspecified atom stereocenters. The molecule has 4 rings (SSSR count). The van der Waals surface area contributed by atoms with Gasteiger partial charge in [-0.15, -0.1) is 0 Å². The highest BCUT2D eigenvalue weighted by Gasteiger charge is 2.08. The summed E-state index contributed by atoms with van der Waals surface area (Å²) in [6.07, 6.45) is 2.17. The molecule has 2 heterocycles. The predicted molar refractivity (Wildman–Crippen MR) is 107 cm³/mol. The van der Waals surface area contributed by atoms with Crippen molar-refractivity contribution in [3.05, 3.63) is 89.5 Å². The molecule has 0 bridgehead atoms. The van der Waals surface area contributed by atoms with Gasteiger partial charge in [0.1, 0.15) is 11.3 Å². The van der Waals surface area contributed by atoms with Crippen molar-refractivity contribution in [2.45, 2.75) is 13.3 Å². The van der Waals surface area contributed by atoms with Gasteiger partial charge in [-0.25, -0.2) is 4.68 Å². The molecule has 2 aromatic carbocycles. The molecule has 0 aliphatic rings. The molecule has 5 nitrogen and oxygen atoms in total. The molecule has 27 heavy (non-hydrogen) atoms. The van der Waals surface area contributed by atoms with Crippen molar-refractivity contribution in [3.63, 3.8) is 0 Å². The van der Waals surface area contributed by atoms with Crippen LogP contribution < -0.4 is 5.49 Å². The van der Waals surface area contributed by atoms with Crippen molar-refractivity contribution < 1.29 is 0 Å². The highest BCUT2D eigenvalue weighted by molar-refractivity contribution is 5.85. The lowest BCUT2D eigenvalue weighted by molar-refractivity contribution is 0.799. The van der Waals surface area contributed by atoms with Gasteiger partial charge in [-0.3, -0.25) is 15.8 Å². The molecule has 0 fully saturated rings. The van der Waals surface area contributed by atoms with Crippen LogP contribution in [0.4, 0.5) is 0 Å². The fourth-order valence-corrected chi connectivity index (χ4v) is 3.09. The van der Waals surface area contributed by atoms with Gasteiger partial charge in [0, 0.05) is 23.6 Å². The summed E-state index contributed by atoms with van der Waals surface area (Å²) in [7, 11) is 0. The molecule has 2 aromatic heterocycles. The Labute approximate surface area is 157 Å². The lowest BCUT2D eigenvalue weighted by Gasteiger charge is -2.10. The van der Waals surface area contributed by atoms with E-state index in [0.717, 1.165) is 33.3 Å². The Bertz CT molecular complexity index is 1210. The van der Waals surface area contributed by atoms with Crippen LogP contribution in [0.2, 0.25) is 0 Å². The maximum absolute atomic E-state index is 8.48. The Hall–Kier alpha value is -3.60. The number of aromatic nitrogens is 3. The number of nitrogens with one attached hydrogen (secondary N) is 2. The second-order valence-electron chi connectivity index (χ2n) is 6.54. The van der Waals surface area contributed by atoms with Crippen molar-refractivity contribution in [1.82, 2.24) is 14.8 Å². The molecule has 0 amide bonds. The number of nitrogens with zero attached hydrogens (tertiary/aromatic N) is 3. The largest absolute Gasteiger partial charge is 0.286 e. The first-order valence-corrected chi connectivity index (χ1v) is 8.74. The van der Waals surface area contributed by atoms with Gasteiger partial charge in [0.2, 0.25) is 0 Å². The van der Waals surface area contributed by atoms with E-state index in [1.807, 2.05) is 61.5 Å². The summed E-state index contributed by atoms with van der Waals surface area (Å²) in [5, 5.41) is 22.2. The van der Waals surface area contributed by atoms with Gasteiger partial charge >= 0.3 is 0 Å². The van der Waals surface area contributed by atoms with E-state index < -0.39 is 0 Å². The predicted octanol–water partition coefficient (Wildman–Crippen LogP) is 3.95. The third kappa shape index (κ3) is 3.53. The van der Waals surface area contributed by atoms with Crippen LogP contribution in [0.15, 0.2) is 72.9 Å². The van der Waals surface area contributed by atoms with Crippen molar-refractivity contribution in [1.29, 1.82) is 10.8 Å². The first-order chi connectivity index (χ1) is 13.1. The maximum atomic E-state index is 8.48. The normalized spacial score (nSPS) is 10.9. The van der Waals surface area contributed by atoms with Crippen LogP contribution in [0.5, 0.6) is 0 Å². The quantitative estimate of drug-likeness (QED) is 0.432. The fraction of sp³-hybridized carbons (Fsp3) is 0.0909. The van der Waals surface area contributed by atoms with E-state index in [0.29, 0.717) is 6.42 Å². The van der Waals surface area contributed by atoms with Gasteiger partial charge in [0.25, 0.3) is 0 Å². The van der Waals surface area contributed by atoms with Crippen LogP contribution >= 0.6 is 0 Å². The zero-order valence-corrected chi connectivity index (χ0v) is 15.0. The first kappa shape index (κ1) is 16.8. The summed E-state index contributed by atoms with van der Waals surface area (Å²) in [5.74, 6) is 0.262. The SMILES string of the molecule is Cc1cccc(-c2ccc(=N)n(C(=N)Cc3ccc4ncccc4c3)n2)c1. The van der Waals surface area contributed by atoms with E-state index in [4.69, 9.17) is 10.8 Å². The third-order valence-corrected chi connectivity index (χ3v) is 4.44. The summed E-state index contributed by atoms with van der Waals surface area (Å²) in [4.78, 5) is 4.32. The van der Waals surface area contributed by atoms with Gasteiger partial charge in [0.15, 0.2) is 0 Å². The molecule has 0 spiro atoms. The average molecular weight is 353 g/mol. The molecule has 0 atom stereocenters. The molecule has 0 saturated carbocycles. The lowest BCUT2D eigenvalue weighted by Crippen LogP contribution is -2.30. The van der Waals surface area contributed by atoms with Crippen molar-refractivity contribution >= 4 is 16.7 Å². The molecule has 4 aromatic rings. The van der Waals surface area contributed by atoms with E-state index in [9.17, 15) is 0 Å². The van der Waals surface area contributed by atoms with E-state index in [-0.39, 0.29) is 11.3 Å². The summed E-state index contributed by atoms with van der Waals surface area (Å²) < 4.78 is 1.39. The number of rotatable bonds is 3. The highest BCUT2D eigenvalue weighted by Crippen LogP contribution is 2.17. The van der Waals surface area contributed by atoms with Crippen molar-refractivity contribution in [3.8, 4) is 11.3 Å². The number of pyridine rings is 1. The molecule has 0 saturated heterocycles. The fourth-order valence-electron chi connectivity index (χ4n) is 3.09. The van der Waals surface area contributed by atoms with E-state index in [1.165, 1.54) is 4.68 Å². The molecule has 132 valence electrons. The average Bonchev–Trinajstić information content (AvgIpc) is 2.68. The topological polar surface area (TPSA) is 78.4 Å². The van der Waals surface area contributed by atoms with Crippen LogP contribution in [0.3, 0.4) is 0 Å². The van der Waals surface area contributed by atoms with Gasteiger partial charge in [-0.05, 0) is 48.9 Å². The Morgan fingerprint density at radius 1 is 1.00 bits per heavy atom. The smallest absolute Gasteiger partial charge is 0.148 e. The molecular weight excluding hydrogens is 334 g/mol. The van der Waals surface area contributed by atoms with E-state index >= 15 is 0 Å². The van der Waals surface area contributed by atoms with E-state index in [2.05, 4.69) is 16.1 Å². The van der Waals surface area contributed by atoms with Gasteiger partial charge in [-0.1, -0.05) is 35.9 Å². The standard InChI is InChI=1S/C22H19N5/c1-15-4-2-5-17(12-15)20-9-10-21(23)27(26-20)22(24)14-16-7-8-19-18(13-16)6-3-11-25-19/h2-13,23-24H,14H2,1H3. The number of aryl methyl sites for hydroxylation is 1. The summed E-state index contributed by atoms with van der Waals surface area (Å²) in [5.41, 5.74) is 5.00. The summed E-state index contributed by atoms with van der Waals surface area (Å²) >= 11 is 0. The minimum absolute atomic E-state index is 0.193. The van der Waals surface area contributed by atoms with Gasteiger partial charge in [-0.2, -0.15) is 5.10 Å². The molecule has 5 heteroatoms. The first-order valence-electron chi connectivity index (χ1n) is 8.74. The monoisotopic (exact) mass is 353 g/mol. The Balaban J connectivity index is 1.66. The van der Waals surface area contributed by atoms with E-state index in [1.54, 1.807) is 12.3 Å². The second-order valence-corrected chi connectivity index (χ2v) is 6.54. The maximum Gasteiger partial charge on any atom is 0.148 e. The van der Waals surface area contributed by atoms with Crippen LogP contribution in [-0.2, 0) is 6.42 Å². The Morgan fingerprint density at radius 3 is 2.74 bits per heavy atom. The lowest BCUT2D eigenvalue weighted by atomic mass is 10.1. The Kier molecular flexibility index (Phi) is 4.34. The summed E-state index contributed by atoms with van der Waals surface area (Å²) in [6, 6.07) is 21.4. The minimum Gasteiger partial charge on any atom is -0.286 e. The van der Waals surface area contributed by atoms with Crippen molar-refractivity contribution in [2.75, 3.05) is 0 Å². The molecule has 2 N–H and O–H groups in total.